The molecule has 2 nitrogen and oxygen atoms in total. The summed E-state index contributed by atoms with van der Waals surface area (Å²) in [5.74, 6) is 1.59. The molecule has 1 saturated heterocycles. The Morgan fingerprint density at radius 2 is 1.76 bits per heavy atom. The zero-order valence-corrected chi connectivity index (χ0v) is 11.6. The lowest BCUT2D eigenvalue weighted by Crippen LogP contribution is -2.47. The number of ether oxygens (including phenoxy) is 1. The molecule has 0 aromatic heterocycles. The van der Waals surface area contributed by atoms with Gasteiger partial charge in [-0.3, -0.25) is 0 Å². The molecule has 0 amide bonds. The minimum absolute atomic E-state index is 0.678. The Bertz CT molecular complexity index is 211. The highest BCUT2D eigenvalue weighted by molar-refractivity contribution is 4.83. The van der Waals surface area contributed by atoms with Crippen LogP contribution in [-0.2, 0) is 4.74 Å². The quantitative estimate of drug-likeness (QED) is 0.763. The van der Waals surface area contributed by atoms with Crippen molar-refractivity contribution < 1.29 is 4.74 Å². The highest BCUT2D eigenvalue weighted by Crippen LogP contribution is 2.26. The molecule has 1 N–H and O–H groups in total. The minimum Gasteiger partial charge on any atom is -0.381 e. The topological polar surface area (TPSA) is 21.3 Å². The van der Waals surface area contributed by atoms with Crippen LogP contribution in [0.15, 0.2) is 0 Å². The zero-order chi connectivity index (χ0) is 12.1. The maximum Gasteiger partial charge on any atom is 0.0506 e. The summed E-state index contributed by atoms with van der Waals surface area (Å²) in [5, 5.41) is 3.89. The summed E-state index contributed by atoms with van der Waals surface area (Å²) >= 11 is 0. The van der Waals surface area contributed by atoms with Gasteiger partial charge in [0.25, 0.3) is 0 Å². The predicted octanol–water partition coefficient (Wildman–Crippen LogP) is 3.36. The van der Waals surface area contributed by atoms with Crippen LogP contribution < -0.4 is 5.32 Å². The first-order chi connectivity index (χ1) is 8.27. The summed E-state index contributed by atoms with van der Waals surface area (Å²) in [7, 11) is 0. The second-order valence-electron chi connectivity index (χ2n) is 6.15. The highest BCUT2D eigenvalue weighted by Gasteiger charge is 2.26. The maximum absolute atomic E-state index is 5.52. The largest absolute Gasteiger partial charge is 0.381 e. The van der Waals surface area contributed by atoms with Gasteiger partial charge in [0.15, 0.2) is 0 Å². The summed E-state index contributed by atoms with van der Waals surface area (Å²) in [6, 6.07) is 1.38. The van der Waals surface area contributed by atoms with Gasteiger partial charge in [0, 0.05) is 18.7 Å². The molecule has 2 heteroatoms. The van der Waals surface area contributed by atoms with E-state index in [-0.39, 0.29) is 0 Å². The Hall–Kier alpha value is -0.0800. The molecule has 2 aliphatic rings. The molecule has 0 radical (unpaired) electrons. The second-order valence-corrected chi connectivity index (χ2v) is 6.15. The molecule has 2 fully saturated rings. The van der Waals surface area contributed by atoms with Crippen molar-refractivity contribution in [2.24, 2.45) is 11.8 Å². The van der Waals surface area contributed by atoms with E-state index in [1.165, 1.54) is 44.9 Å². The van der Waals surface area contributed by atoms with Gasteiger partial charge < -0.3 is 10.1 Å². The first-order valence-electron chi connectivity index (χ1n) is 7.61. The Morgan fingerprint density at radius 3 is 2.41 bits per heavy atom. The average molecular weight is 239 g/mol. The summed E-state index contributed by atoms with van der Waals surface area (Å²) < 4.78 is 5.52. The van der Waals surface area contributed by atoms with E-state index >= 15 is 0 Å². The molecule has 1 saturated carbocycles. The summed E-state index contributed by atoms with van der Waals surface area (Å²) in [4.78, 5) is 0. The van der Waals surface area contributed by atoms with Gasteiger partial charge in [0.2, 0.25) is 0 Å². The van der Waals surface area contributed by atoms with Gasteiger partial charge in [-0.2, -0.15) is 0 Å². The fraction of sp³-hybridized carbons (Fsp3) is 1.00. The zero-order valence-electron chi connectivity index (χ0n) is 11.6. The van der Waals surface area contributed by atoms with Gasteiger partial charge in [0.1, 0.15) is 0 Å². The van der Waals surface area contributed by atoms with Crippen LogP contribution in [0.3, 0.4) is 0 Å². The van der Waals surface area contributed by atoms with Crippen LogP contribution in [0.4, 0.5) is 0 Å². The normalized spacial score (nSPS) is 34.2. The van der Waals surface area contributed by atoms with Crippen LogP contribution in [0.25, 0.3) is 0 Å². The van der Waals surface area contributed by atoms with Crippen LogP contribution in [0.1, 0.15) is 58.8 Å². The molecule has 2 rings (SSSR count). The lowest BCUT2D eigenvalue weighted by Gasteiger charge is -2.34. The SMILES string of the molecule is CC1COCCC1N[C@H](C)C1CCCCCC1. The average Bonchev–Trinajstić information content (AvgIpc) is 2.61. The van der Waals surface area contributed by atoms with Gasteiger partial charge in [0.05, 0.1) is 6.61 Å². The fourth-order valence-corrected chi connectivity index (χ4v) is 3.41. The van der Waals surface area contributed by atoms with Crippen LogP contribution in [0.5, 0.6) is 0 Å². The predicted molar refractivity (Wildman–Crippen MR) is 72.2 cm³/mol. The van der Waals surface area contributed by atoms with E-state index < -0.39 is 0 Å². The van der Waals surface area contributed by atoms with E-state index in [1.807, 2.05) is 0 Å². The Morgan fingerprint density at radius 1 is 1.06 bits per heavy atom. The van der Waals surface area contributed by atoms with Gasteiger partial charge >= 0.3 is 0 Å². The molecule has 2 unspecified atom stereocenters. The van der Waals surface area contributed by atoms with E-state index in [4.69, 9.17) is 4.74 Å². The minimum atomic E-state index is 0.678. The van der Waals surface area contributed by atoms with Gasteiger partial charge in [-0.1, -0.05) is 32.6 Å². The van der Waals surface area contributed by atoms with E-state index in [1.54, 1.807) is 0 Å². The molecule has 1 aliphatic heterocycles. The van der Waals surface area contributed by atoms with Crippen molar-refractivity contribution >= 4 is 0 Å². The fourth-order valence-electron chi connectivity index (χ4n) is 3.41. The van der Waals surface area contributed by atoms with E-state index in [0.29, 0.717) is 18.0 Å². The first-order valence-corrected chi connectivity index (χ1v) is 7.61. The van der Waals surface area contributed by atoms with Crippen LogP contribution >= 0.6 is 0 Å². The van der Waals surface area contributed by atoms with Crippen molar-refractivity contribution in [1.29, 1.82) is 0 Å². The van der Waals surface area contributed by atoms with Crippen molar-refractivity contribution in [3.63, 3.8) is 0 Å². The third-order valence-corrected chi connectivity index (χ3v) is 4.72. The molecule has 0 spiro atoms. The number of rotatable bonds is 3. The third kappa shape index (κ3) is 3.96. The first kappa shape index (κ1) is 13.4. The number of nitrogens with one attached hydrogen (secondary N) is 1. The maximum atomic E-state index is 5.52. The van der Waals surface area contributed by atoms with Crippen molar-refractivity contribution in [1.82, 2.24) is 5.32 Å². The molecule has 0 aromatic rings. The lowest BCUT2D eigenvalue weighted by atomic mass is 9.90. The van der Waals surface area contributed by atoms with Crippen molar-refractivity contribution in [3.05, 3.63) is 0 Å². The molecular weight excluding hydrogens is 210 g/mol. The standard InChI is InChI=1S/C15H29NO/c1-12-11-17-10-9-15(12)16-13(2)14-7-5-3-4-6-8-14/h12-16H,3-11H2,1-2H3/t12?,13-,15?/m1/s1. The van der Waals surface area contributed by atoms with E-state index in [0.717, 1.165) is 19.1 Å². The molecule has 100 valence electrons. The molecule has 1 aliphatic carbocycles. The second kappa shape index (κ2) is 6.75. The Balaban J connectivity index is 1.79. The monoisotopic (exact) mass is 239 g/mol. The number of hydrogen-bond donors (Lipinski definition) is 1. The molecule has 17 heavy (non-hydrogen) atoms. The summed E-state index contributed by atoms with van der Waals surface area (Å²) in [5.41, 5.74) is 0. The molecule has 0 bridgehead atoms. The smallest absolute Gasteiger partial charge is 0.0506 e. The van der Waals surface area contributed by atoms with E-state index in [2.05, 4.69) is 19.2 Å². The van der Waals surface area contributed by atoms with Crippen LogP contribution in [-0.4, -0.2) is 25.3 Å². The Labute approximate surface area is 107 Å². The van der Waals surface area contributed by atoms with Crippen LogP contribution in [0, 0.1) is 11.8 Å². The van der Waals surface area contributed by atoms with Crippen molar-refractivity contribution in [2.75, 3.05) is 13.2 Å². The molecular formula is C15H29NO. The molecule has 3 atom stereocenters. The van der Waals surface area contributed by atoms with Gasteiger partial charge in [-0.25, -0.2) is 0 Å². The lowest BCUT2D eigenvalue weighted by molar-refractivity contribution is 0.0337. The van der Waals surface area contributed by atoms with Gasteiger partial charge in [-0.05, 0) is 38.0 Å². The van der Waals surface area contributed by atoms with E-state index in [9.17, 15) is 0 Å². The summed E-state index contributed by atoms with van der Waals surface area (Å²) in [6.07, 6.45) is 9.86. The molecule has 1 heterocycles. The summed E-state index contributed by atoms with van der Waals surface area (Å²) in [6.45, 7) is 6.60. The van der Waals surface area contributed by atoms with Crippen molar-refractivity contribution in [2.45, 2.75) is 70.9 Å². The third-order valence-electron chi connectivity index (χ3n) is 4.72. The highest BCUT2D eigenvalue weighted by atomic mass is 16.5. The van der Waals surface area contributed by atoms with Crippen molar-refractivity contribution in [3.8, 4) is 0 Å². The Kier molecular flexibility index (Phi) is 5.30. The molecule has 0 aromatic carbocycles. The van der Waals surface area contributed by atoms with Crippen LogP contribution in [0.2, 0.25) is 0 Å². The van der Waals surface area contributed by atoms with Gasteiger partial charge in [-0.15, -0.1) is 0 Å². The number of hydrogen-bond acceptors (Lipinski definition) is 2.